The molecule has 0 spiro atoms. The zero-order valence-corrected chi connectivity index (χ0v) is 19.9. The SMILES string of the molecule is CCCc1nc(Cl)c(C(=O)OC)n1Cc1cccc2c1ccn2-c1ccccc1-c1noc(=O)[nH]1. The van der Waals surface area contributed by atoms with Crippen LogP contribution in [0.25, 0.3) is 28.0 Å². The summed E-state index contributed by atoms with van der Waals surface area (Å²) in [7, 11) is 1.33. The van der Waals surface area contributed by atoms with Crippen LogP contribution < -0.4 is 5.76 Å². The highest BCUT2D eigenvalue weighted by atomic mass is 35.5. The Morgan fingerprint density at radius 3 is 2.74 bits per heavy atom. The number of halogens is 1. The first-order valence-corrected chi connectivity index (χ1v) is 11.5. The first-order chi connectivity index (χ1) is 17.0. The highest BCUT2D eigenvalue weighted by Gasteiger charge is 2.23. The Kier molecular flexibility index (Phi) is 6.00. The van der Waals surface area contributed by atoms with Crippen LogP contribution in [0.4, 0.5) is 0 Å². The van der Waals surface area contributed by atoms with Gasteiger partial charge in [-0.15, -0.1) is 0 Å². The minimum atomic E-state index is -0.613. The molecule has 0 aliphatic rings. The number of rotatable bonds is 7. The standard InChI is InChI=1S/C25H22ClN5O4/c1-3-7-20-27-22(26)21(24(32)34-2)31(20)14-15-8-6-11-18-16(15)12-13-30(18)19-10-5-4-9-17(19)23-28-25(33)35-29-23/h4-6,8-13H,3,7,14H2,1-2H3,(H,28,29,33). The molecule has 35 heavy (non-hydrogen) atoms. The van der Waals surface area contributed by atoms with Gasteiger partial charge in [-0.25, -0.2) is 14.6 Å². The number of carbonyl (C=O) groups is 1. The number of aromatic nitrogens is 5. The van der Waals surface area contributed by atoms with Gasteiger partial charge in [0, 0.05) is 23.6 Å². The second-order valence-corrected chi connectivity index (χ2v) is 8.35. The molecule has 10 heteroatoms. The third-order valence-electron chi connectivity index (χ3n) is 5.87. The van der Waals surface area contributed by atoms with Gasteiger partial charge in [0.15, 0.2) is 16.7 Å². The summed E-state index contributed by atoms with van der Waals surface area (Å²) in [4.78, 5) is 31.0. The number of hydrogen-bond acceptors (Lipinski definition) is 6. The lowest BCUT2D eigenvalue weighted by molar-refractivity contribution is 0.0589. The summed E-state index contributed by atoms with van der Waals surface area (Å²) < 4.78 is 13.5. The van der Waals surface area contributed by atoms with Crippen LogP contribution in [0.3, 0.4) is 0 Å². The summed E-state index contributed by atoms with van der Waals surface area (Å²) in [5.41, 5.74) is 3.74. The maximum absolute atomic E-state index is 12.5. The van der Waals surface area contributed by atoms with Crippen molar-refractivity contribution in [3.05, 3.63) is 87.5 Å². The number of ether oxygens (including phenoxy) is 1. The largest absolute Gasteiger partial charge is 0.464 e. The first-order valence-electron chi connectivity index (χ1n) is 11.1. The van der Waals surface area contributed by atoms with Crippen LogP contribution in [-0.2, 0) is 17.7 Å². The second kappa shape index (κ2) is 9.27. The molecule has 0 unspecified atom stereocenters. The van der Waals surface area contributed by atoms with E-state index in [2.05, 4.69) is 15.1 Å². The third-order valence-corrected chi connectivity index (χ3v) is 6.13. The normalized spacial score (nSPS) is 11.3. The summed E-state index contributed by atoms with van der Waals surface area (Å²) in [5, 5.41) is 4.99. The van der Waals surface area contributed by atoms with Crippen molar-refractivity contribution in [2.75, 3.05) is 7.11 Å². The number of carbonyl (C=O) groups excluding carboxylic acids is 1. The fourth-order valence-corrected chi connectivity index (χ4v) is 4.60. The fraction of sp³-hybridized carbons (Fsp3) is 0.200. The number of imidazole rings is 1. The summed E-state index contributed by atoms with van der Waals surface area (Å²) in [6.07, 6.45) is 3.49. The van der Waals surface area contributed by atoms with E-state index in [1.165, 1.54) is 7.11 Å². The molecule has 0 fully saturated rings. The van der Waals surface area contributed by atoms with E-state index < -0.39 is 11.7 Å². The summed E-state index contributed by atoms with van der Waals surface area (Å²) in [6.45, 7) is 2.45. The number of aromatic amines is 1. The Morgan fingerprint density at radius 2 is 2.00 bits per heavy atom. The van der Waals surface area contributed by atoms with Gasteiger partial charge in [0.05, 0.1) is 24.9 Å². The Bertz CT molecular complexity index is 1590. The van der Waals surface area contributed by atoms with Crippen molar-refractivity contribution in [1.29, 1.82) is 0 Å². The molecule has 178 valence electrons. The molecule has 5 aromatic rings. The molecule has 0 amide bonds. The Balaban J connectivity index is 1.62. The average molecular weight is 492 g/mol. The molecule has 3 aromatic heterocycles. The van der Waals surface area contributed by atoms with Crippen molar-refractivity contribution in [2.45, 2.75) is 26.3 Å². The zero-order valence-electron chi connectivity index (χ0n) is 19.1. The van der Waals surface area contributed by atoms with Crippen molar-refractivity contribution >= 4 is 28.5 Å². The maximum Gasteiger partial charge on any atom is 0.439 e. The van der Waals surface area contributed by atoms with Crippen molar-refractivity contribution in [3.8, 4) is 17.1 Å². The lowest BCUT2D eigenvalue weighted by Crippen LogP contribution is -2.14. The molecule has 3 heterocycles. The van der Waals surface area contributed by atoms with Gasteiger partial charge >= 0.3 is 11.7 Å². The van der Waals surface area contributed by atoms with Crippen LogP contribution in [-0.4, -0.2) is 37.3 Å². The van der Waals surface area contributed by atoms with Crippen LogP contribution in [0.5, 0.6) is 0 Å². The van der Waals surface area contributed by atoms with Gasteiger partial charge in [-0.1, -0.05) is 47.9 Å². The number of para-hydroxylation sites is 1. The van der Waals surface area contributed by atoms with Gasteiger partial charge in [-0.05, 0) is 36.2 Å². The lowest BCUT2D eigenvalue weighted by atomic mass is 10.1. The molecule has 2 aromatic carbocycles. The minimum Gasteiger partial charge on any atom is -0.464 e. The smallest absolute Gasteiger partial charge is 0.439 e. The number of benzene rings is 2. The maximum atomic E-state index is 12.5. The minimum absolute atomic E-state index is 0.139. The van der Waals surface area contributed by atoms with E-state index in [1.807, 2.05) is 70.8 Å². The molecule has 5 rings (SSSR count). The Morgan fingerprint density at radius 1 is 1.17 bits per heavy atom. The molecule has 1 N–H and O–H groups in total. The van der Waals surface area contributed by atoms with Crippen LogP contribution in [0.15, 0.2) is 64.0 Å². The summed E-state index contributed by atoms with van der Waals surface area (Å²) in [5.74, 6) is -0.0545. The number of aryl methyl sites for hydroxylation is 1. The molecule has 0 bridgehead atoms. The van der Waals surface area contributed by atoms with Gasteiger partial charge in [0.25, 0.3) is 0 Å². The van der Waals surface area contributed by atoms with Gasteiger partial charge in [0.2, 0.25) is 0 Å². The van der Waals surface area contributed by atoms with E-state index in [0.29, 0.717) is 18.8 Å². The molecular weight excluding hydrogens is 470 g/mol. The van der Waals surface area contributed by atoms with E-state index in [1.54, 1.807) is 0 Å². The number of esters is 1. The van der Waals surface area contributed by atoms with Crippen LogP contribution in [0, 0.1) is 0 Å². The number of fused-ring (bicyclic) bond motifs is 1. The van der Waals surface area contributed by atoms with Crippen molar-refractivity contribution in [3.63, 3.8) is 0 Å². The average Bonchev–Trinajstić information content (AvgIpc) is 3.57. The molecule has 0 radical (unpaired) electrons. The van der Waals surface area contributed by atoms with Crippen molar-refractivity contribution in [1.82, 2.24) is 24.3 Å². The fourth-order valence-electron chi connectivity index (χ4n) is 4.32. The van der Waals surface area contributed by atoms with Crippen LogP contribution in [0.2, 0.25) is 5.15 Å². The highest BCUT2D eigenvalue weighted by molar-refractivity contribution is 6.32. The number of methoxy groups -OCH3 is 1. The Labute approximate surface area is 204 Å². The van der Waals surface area contributed by atoms with Gasteiger partial charge in [-0.2, -0.15) is 0 Å². The highest BCUT2D eigenvalue weighted by Crippen LogP contribution is 2.30. The van der Waals surface area contributed by atoms with E-state index in [0.717, 1.165) is 40.0 Å². The first kappa shape index (κ1) is 22.7. The number of H-pyrrole nitrogens is 1. The van der Waals surface area contributed by atoms with Crippen LogP contribution >= 0.6 is 11.6 Å². The lowest BCUT2D eigenvalue weighted by Gasteiger charge is -2.13. The molecule has 0 aliphatic heterocycles. The van der Waals surface area contributed by atoms with E-state index >= 15 is 0 Å². The number of hydrogen-bond donors (Lipinski definition) is 1. The third kappa shape index (κ3) is 4.04. The summed E-state index contributed by atoms with van der Waals surface area (Å²) in [6, 6.07) is 15.6. The Hall–Kier alpha value is -4.11. The molecular formula is C25H22ClN5O4. The molecule has 9 nitrogen and oxygen atoms in total. The van der Waals surface area contributed by atoms with Crippen LogP contribution in [0.1, 0.15) is 35.2 Å². The van der Waals surface area contributed by atoms with Crippen molar-refractivity contribution in [2.24, 2.45) is 0 Å². The quantitative estimate of drug-likeness (QED) is 0.333. The van der Waals surface area contributed by atoms with Gasteiger partial charge in [-0.3, -0.25) is 9.51 Å². The molecule has 0 atom stereocenters. The van der Waals surface area contributed by atoms with E-state index in [9.17, 15) is 9.59 Å². The molecule has 0 aliphatic carbocycles. The van der Waals surface area contributed by atoms with Crippen molar-refractivity contribution < 1.29 is 14.1 Å². The zero-order chi connectivity index (χ0) is 24.5. The molecule has 0 saturated heterocycles. The van der Waals surface area contributed by atoms with Gasteiger partial charge in [0.1, 0.15) is 5.82 Å². The monoisotopic (exact) mass is 491 g/mol. The molecule has 0 saturated carbocycles. The van der Waals surface area contributed by atoms with E-state index in [-0.39, 0.29) is 10.8 Å². The predicted octanol–water partition coefficient (Wildman–Crippen LogP) is 4.61. The predicted molar refractivity (Wildman–Crippen MR) is 131 cm³/mol. The topological polar surface area (TPSA) is 108 Å². The number of nitrogens with zero attached hydrogens (tertiary/aromatic N) is 4. The van der Waals surface area contributed by atoms with Gasteiger partial charge < -0.3 is 13.9 Å². The number of nitrogens with one attached hydrogen (secondary N) is 1. The summed E-state index contributed by atoms with van der Waals surface area (Å²) >= 11 is 6.33. The second-order valence-electron chi connectivity index (χ2n) is 7.99. The van der Waals surface area contributed by atoms with E-state index in [4.69, 9.17) is 20.9 Å².